The van der Waals surface area contributed by atoms with Gasteiger partial charge in [-0.15, -0.1) is 0 Å². The summed E-state index contributed by atoms with van der Waals surface area (Å²) in [5, 5.41) is 5.17. The molecule has 4 rings (SSSR count). The van der Waals surface area contributed by atoms with Crippen LogP contribution in [0.5, 0.6) is 0 Å². The molecule has 0 bridgehead atoms. The topological polar surface area (TPSA) is 41.1 Å². The van der Waals surface area contributed by atoms with Crippen molar-refractivity contribution in [3.8, 4) is 0 Å². The minimum Gasteiger partial charge on any atom is -0.354 e. The molecule has 19 heavy (non-hydrogen) atoms. The van der Waals surface area contributed by atoms with E-state index in [1.54, 1.807) is 6.20 Å². The van der Waals surface area contributed by atoms with Crippen LogP contribution in [0.15, 0.2) is 24.4 Å². The highest BCUT2D eigenvalue weighted by molar-refractivity contribution is 6.30. The molecule has 2 saturated heterocycles. The van der Waals surface area contributed by atoms with E-state index in [1.807, 2.05) is 12.1 Å². The Morgan fingerprint density at radius 2 is 2.32 bits per heavy atom. The quantitative estimate of drug-likeness (QED) is 0.809. The zero-order chi connectivity index (χ0) is 12.8. The average Bonchev–Trinajstić information content (AvgIpc) is 2.98. The number of anilines is 1. The summed E-state index contributed by atoms with van der Waals surface area (Å²) in [6, 6.07) is 6.46. The van der Waals surface area contributed by atoms with Crippen molar-refractivity contribution < 1.29 is 0 Å². The maximum absolute atomic E-state index is 6.13. The van der Waals surface area contributed by atoms with Gasteiger partial charge < -0.3 is 10.2 Å². The first-order valence-electron chi connectivity index (χ1n) is 6.71. The molecule has 4 heterocycles. The zero-order valence-electron chi connectivity index (χ0n) is 10.5. The predicted octanol–water partition coefficient (Wildman–Crippen LogP) is 2.08. The fourth-order valence-electron chi connectivity index (χ4n) is 3.29. The number of fused-ring (bicyclic) bond motifs is 2. The third-order valence-electron chi connectivity index (χ3n) is 4.21. The van der Waals surface area contributed by atoms with E-state index in [-0.39, 0.29) is 0 Å². The van der Waals surface area contributed by atoms with E-state index in [4.69, 9.17) is 11.6 Å². The smallest absolute Gasteiger partial charge is 0.139 e. The standard InChI is InChI=1S/C14H15ClN4/c15-13-6-11-10(2-1-4-16-11)14(18-13)19-7-9-3-5-17-12(9)8-19/h1-2,4,6,9,12,17H,3,5,7-8H2. The van der Waals surface area contributed by atoms with E-state index in [0.29, 0.717) is 11.2 Å². The van der Waals surface area contributed by atoms with Crippen molar-refractivity contribution in [1.82, 2.24) is 15.3 Å². The van der Waals surface area contributed by atoms with E-state index in [9.17, 15) is 0 Å². The molecule has 0 saturated carbocycles. The van der Waals surface area contributed by atoms with E-state index < -0.39 is 0 Å². The molecule has 5 heteroatoms. The lowest BCUT2D eigenvalue weighted by Crippen LogP contribution is -2.30. The molecular formula is C14H15ClN4. The summed E-state index contributed by atoms with van der Waals surface area (Å²) >= 11 is 6.13. The van der Waals surface area contributed by atoms with Gasteiger partial charge >= 0.3 is 0 Å². The molecule has 0 radical (unpaired) electrons. The van der Waals surface area contributed by atoms with Gasteiger partial charge in [-0.25, -0.2) is 4.98 Å². The van der Waals surface area contributed by atoms with E-state index in [1.165, 1.54) is 6.42 Å². The van der Waals surface area contributed by atoms with Crippen LogP contribution in [-0.4, -0.2) is 35.6 Å². The molecule has 0 spiro atoms. The highest BCUT2D eigenvalue weighted by Crippen LogP contribution is 2.32. The van der Waals surface area contributed by atoms with Crippen LogP contribution in [0.3, 0.4) is 0 Å². The molecule has 0 aliphatic carbocycles. The van der Waals surface area contributed by atoms with Crippen LogP contribution < -0.4 is 10.2 Å². The lowest BCUT2D eigenvalue weighted by atomic mass is 10.1. The zero-order valence-corrected chi connectivity index (χ0v) is 11.3. The first-order valence-corrected chi connectivity index (χ1v) is 7.09. The van der Waals surface area contributed by atoms with Gasteiger partial charge in [0.2, 0.25) is 0 Å². The van der Waals surface area contributed by atoms with Crippen LogP contribution in [0.1, 0.15) is 6.42 Å². The summed E-state index contributed by atoms with van der Waals surface area (Å²) in [4.78, 5) is 11.3. The van der Waals surface area contributed by atoms with Gasteiger partial charge in [0.1, 0.15) is 11.0 Å². The molecule has 2 aliphatic rings. The van der Waals surface area contributed by atoms with Crippen molar-refractivity contribution >= 4 is 28.3 Å². The number of halogens is 1. The molecule has 98 valence electrons. The number of nitrogens with one attached hydrogen (secondary N) is 1. The lowest BCUT2D eigenvalue weighted by molar-refractivity contribution is 0.556. The van der Waals surface area contributed by atoms with E-state index >= 15 is 0 Å². The average molecular weight is 275 g/mol. The number of rotatable bonds is 1. The Labute approximate surface area is 116 Å². The third kappa shape index (κ3) is 1.86. The lowest BCUT2D eigenvalue weighted by Gasteiger charge is -2.20. The van der Waals surface area contributed by atoms with Crippen molar-refractivity contribution in [2.24, 2.45) is 5.92 Å². The van der Waals surface area contributed by atoms with Crippen molar-refractivity contribution in [2.45, 2.75) is 12.5 Å². The second-order valence-corrected chi connectivity index (χ2v) is 5.74. The van der Waals surface area contributed by atoms with Crippen molar-refractivity contribution in [3.05, 3.63) is 29.5 Å². The van der Waals surface area contributed by atoms with Crippen molar-refractivity contribution in [1.29, 1.82) is 0 Å². The summed E-state index contributed by atoms with van der Waals surface area (Å²) in [5.74, 6) is 1.72. The highest BCUT2D eigenvalue weighted by Gasteiger charge is 2.36. The SMILES string of the molecule is Clc1cc2ncccc2c(N2CC3CCNC3C2)n1. The molecule has 0 amide bonds. The van der Waals surface area contributed by atoms with Gasteiger partial charge in [-0.2, -0.15) is 0 Å². The van der Waals surface area contributed by atoms with Gasteiger partial charge in [0.25, 0.3) is 0 Å². The second kappa shape index (κ2) is 4.32. The van der Waals surface area contributed by atoms with E-state index in [0.717, 1.165) is 42.3 Å². The Morgan fingerprint density at radius 1 is 1.37 bits per heavy atom. The van der Waals surface area contributed by atoms with Gasteiger partial charge in [-0.1, -0.05) is 11.6 Å². The summed E-state index contributed by atoms with van der Waals surface area (Å²) in [6.45, 7) is 3.23. The van der Waals surface area contributed by atoms with Crippen LogP contribution in [0.4, 0.5) is 5.82 Å². The molecule has 2 atom stereocenters. The van der Waals surface area contributed by atoms with Crippen LogP contribution in [0.2, 0.25) is 5.15 Å². The Balaban J connectivity index is 1.78. The fraction of sp³-hybridized carbons (Fsp3) is 0.429. The molecule has 2 aromatic rings. The van der Waals surface area contributed by atoms with Gasteiger partial charge in [0.15, 0.2) is 0 Å². The Bertz CT molecular complexity index is 618. The molecule has 2 fully saturated rings. The van der Waals surface area contributed by atoms with Gasteiger partial charge in [0.05, 0.1) is 5.52 Å². The molecule has 2 aliphatic heterocycles. The summed E-state index contributed by atoms with van der Waals surface area (Å²) < 4.78 is 0. The number of aromatic nitrogens is 2. The molecule has 0 aromatic carbocycles. The van der Waals surface area contributed by atoms with Gasteiger partial charge in [-0.3, -0.25) is 4.98 Å². The highest BCUT2D eigenvalue weighted by atomic mass is 35.5. The van der Waals surface area contributed by atoms with Crippen LogP contribution in [-0.2, 0) is 0 Å². The minimum atomic E-state index is 0.520. The van der Waals surface area contributed by atoms with Crippen LogP contribution in [0.25, 0.3) is 10.9 Å². The van der Waals surface area contributed by atoms with Crippen molar-refractivity contribution in [3.63, 3.8) is 0 Å². The maximum Gasteiger partial charge on any atom is 0.139 e. The van der Waals surface area contributed by atoms with Crippen LogP contribution in [0, 0.1) is 5.92 Å². The molecule has 2 unspecified atom stereocenters. The summed E-state index contributed by atoms with van der Waals surface area (Å²) in [6.07, 6.45) is 3.06. The number of hydrogen-bond donors (Lipinski definition) is 1. The Morgan fingerprint density at radius 3 is 3.21 bits per heavy atom. The normalized spacial score (nSPS) is 26.1. The largest absolute Gasteiger partial charge is 0.354 e. The third-order valence-corrected chi connectivity index (χ3v) is 4.40. The summed E-state index contributed by atoms with van der Waals surface area (Å²) in [7, 11) is 0. The summed E-state index contributed by atoms with van der Waals surface area (Å²) in [5.41, 5.74) is 0.919. The number of nitrogens with zero attached hydrogens (tertiary/aromatic N) is 3. The monoisotopic (exact) mass is 274 g/mol. The first kappa shape index (κ1) is 11.4. The Kier molecular flexibility index (Phi) is 2.60. The van der Waals surface area contributed by atoms with Crippen LogP contribution >= 0.6 is 11.6 Å². The fourth-order valence-corrected chi connectivity index (χ4v) is 3.47. The van der Waals surface area contributed by atoms with Crippen molar-refractivity contribution in [2.75, 3.05) is 24.5 Å². The molecule has 2 aromatic heterocycles. The minimum absolute atomic E-state index is 0.520. The van der Waals surface area contributed by atoms with Gasteiger partial charge in [0, 0.05) is 36.8 Å². The molecular weight excluding hydrogens is 260 g/mol. The Hall–Kier alpha value is -1.39. The van der Waals surface area contributed by atoms with Gasteiger partial charge in [-0.05, 0) is 31.0 Å². The first-order chi connectivity index (χ1) is 9.31. The predicted molar refractivity (Wildman–Crippen MR) is 76.7 cm³/mol. The number of hydrogen-bond acceptors (Lipinski definition) is 4. The van der Waals surface area contributed by atoms with E-state index in [2.05, 4.69) is 26.3 Å². The maximum atomic E-state index is 6.13. The molecule has 1 N–H and O–H groups in total. The molecule has 4 nitrogen and oxygen atoms in total. The number of pyridine rings is 2. The second-order valence-electron chi connectivity index (χ2n) is 5.35.